The topological polar surface area (TPSA) is 43.4 Å². The molecule has 0 saturated carbocycles. The first-order valence-electron chi connectivity index (χ1n) is 5.54. The van der Waals surface area contributed by atoms with Gasteiger partial charge in [-0.05, 0) is 30.0 Å². The van der Waals surface area contributed by atoms with Crippen LogP contribution in [0, 0.1) is 0 Å². The van der Waals surface area contributed by atoms with Gasteiger partial charge < -0.3 is 4.74 Å². The van der Waals surface area contributed by atoms with Crippen molar-refractivity contribution >= 4 is 17.3 Å². The number of fused-ring (bicyclic) bond motifs is 1. The second-order valence-corrected chi connectivity index (χ2v) is 4.15. The van der Waals surface area contributed by atoms with Gasteiger partial charge in [-0.1, -0.05) is 18.2 Å². The maximum absolute atomic E-state index is 11.5. The Morgan fingerprint density at radius 3 is 2.82 bits per heavy atom. The van der Waals surface area contributed by atoms with E-state index in [1.807, 2.05) is 25.1 Å². The molecule has 2 rings (SSSR count). The third-order valence-corrected chi connectivity index (χ3v) is 3.02. The van der Waals surface area contributed by atoms with Crippen LogP contribution in [0.5, 0.6) is 0 Å². The molecule has 88 valence electrons. The van der Waals surface area contributed by atoms with Crippen molar-refractivity contribution in [2.24, 2.45) is 0 Å². The van der Waals surface area contributed by atoms with Gasteiger partial charge in [0.1, 0.15) is 0 Å². The summed E-state index contributed by atoms with van der Waals surface area (Å²) in [7, 11) is 1.35. The van der Waals surface area contributed by atoms with Gasteiger partial charge in [0.25, 0.3) is 0 Å². The average Bonchev–Trinajstić information content (AvgIpc) is 2.70. The molecule has 0 N–H and O–H groups in total. The number of benzene rings is 1. The van der Waals surface area contributed by atoms with E-state index in [4.69, 9.17) is 0 Å². The SMILES string of the molecule is COC(=O)/C=C(\C)c1ccc2c(c1)CCC2=O. The number of methoxy groups -OCH3 is 1. The average molecular weight is 230 g/mol. The van der Waals surface area contributed by atoms with Gasteiger partial charge >= 0.3 is 5.97 Å². The number of ketones is 1. The minimum atomic E-state index is -0.362. The van der Waals surface area contributed by atoms with Crippen LogP contribution in [0.4, 0.5) is 0 Å². The zero-order chi connectivity index (χ0) is 12.4. The summed E-state index contributed by atoms with van der Waals surface area (Å²) in [6.45, 7) is 1.86. The molecule has 0 aromatic heterocycles. The number of carbonyl (C=O) groups is 2. The van der Waals surface area contributed by atoms with Gasteiger partial charge in [-0.15, -0.1) is 0 Å². The number of ether oxygens (including phenoxy) is 1. The smallest absolute Gasteiger partial charge is 0.330 e. The molecule has 1 aromatic rings. The van der Waals surface area contributed by atoms with E-state index in [2.05, 4.69) is 4.74 Å². The molecule has 0 amide bonds. The molecule has 0 heterocycles. The van der Waals surface area contributed by atoms with E-state index in [0.717, 1.165) is 28.7 Å². The highest BCUT2D eigenvalue weighted by Gasteiger charge is 2.19. The number of hydrogen-bond donors (Lipinski definition) is 0. The molecule has 0 aliphatic heterocycles. The van der Waals surface area contributed by atoms with Crippen molar-refractivity contribution in [3.8, 4) is 0 Å². The maximum Gasteiger partial charge on any atom is 0.330 e. The zero-order valence-corrected chi connectivity index (χ0v) is 9.95. The summed E-state index contributed by atoms with van der Waals surface area (Å²) in [4.78, 5) is 22.6. The Bertz CT molecular complexity index is 512. The van der Waals surface area contributed by atoms with Crippen LogP contribution in [0.25, 0.3) is 5.57 Å². The molecule has 0 bridgehead atoms. The van der Waals surface area contributed by atoms with E-state index < -0.39 is 0 Å². The highest BCUT2D eigenvalue weighted by Crippen LogP contribution is 2.25. The summed E-state index contributed by atoms with van der Waals surface area (Å²) in [5.41, 5.74) is 3.70. The van der Waals surface area contributed by atoms with Crippen LogP contribution in [0.3, 0.4) is 0 Å². The molecule has 3 heteroatoms. The fraction of sp³-hybridized carbons (Fsp3) is 0.286. The van der Waals surface area contributed by atoms with Crippen LogP contribution in [0.1, 0.15) is 34.8 Å². The normalized spacial score (nSPS) is 14.7. The molecule has 0 saturated heterocycles. The number of esters is 1. The largest absolute Gasteiger partial charge is 0.466 e. The van der Waals surface area contributed by atoms with Crippen molar-refractivity contribution < 1.29 is 14.3 Å². The minimum Gasteiger partial charge on any atom is -0.466 e. The second kappa shape index (κ2) is 4.53. The number of Topliss-reactive ketones (excluding diaryl/α,β-unsaturated/α-hetero) is 1. The van der Waals surface area contributed by atoms with Crippen molar-refractivity contribution in [2.75, 3.05) is 7.11 Å². The zero-order valence-electron chi connectivity index (χ0n) is 9.95. The standard InChI is InChI=1S/C14H14O3/c1-9(7-14(16)17-2)10-3-5-12-11(8-10)4-6-13(12)15/h3,5,7-8H,4,6H2,1-2H3/b9-7+. The molecular formula is C14H14O3. The molecule has 0 unspecified atom stereocenters. The lowest BCUT2D eigenvalue weighted by Crippen LogP contribution is -1.96. The van der Waals surface area contributed by atoms with Crippen molar-refractivity contribution in [2.45, 2.75) is 19.8 Å². The molecule has 0 spiro atoms. The van der Waals surface area contributed by atoms with Crippen molar-refractivity contribution in [3.63, 3.8) is 0 Å². The van der Waals surface area contributed by atoms with Gasteiger partial charge in [-0.3, -0.25) is 4.79 Å². The Kier molecular flexibility index (Phi) is 3.09. The highest BCUT2D eigenvalue weighted by molar-refractivity contribution is 6.01. The number of carbonyl (C=O) groups excluding carboxylic acids is 2. The summed E-state index contributed by atoms with van der Waals surface area (Å²) >= 11 is 0. The van der Waals surface area contributed by atoms with Crippen LogP contribution in [-0.4, -0.2) is 18.9 Å². The quantitative estimate of drug-likeness (QED) is 0.578. The summed E-state index contributed by atoms with van der Waals surface area (Å²) < 4.78 is 4.58. The van der Waals surface area contributed by atoms with Gasteiger partial charge in [-0.2, -0.15) is 0 Å². The molecule has 3 nitrogen and oxygen atoms in total. The minimum absolute atomic E-state index is 0.209. The van der Waals surface area contributed by atoms with E-state index in [1.165, 1.54) is 13.2 Å². The number of allylic oxidation sites excluding steroid dienone is 1. The van der Waals surface area contributed by atoms with Gasteiger partial charge in [0.05, 0.1) is 7.11 Å². The van der Waals surface area contributed by atoms with Crippen LogP contribution in [0.2, 0.25) is 0 Å². The number of rotatable bonds is 2. The van der Waals surface area contributed by atoms with E-state index >= 15 is 0 Å². The first-order valence-corrected chi connectivity index (χ1v) is 5.54. The van der Waals surface area contributed by atoms with E-state index in [9.17, 15) is 9.59 Å². The molecule has 1 aliphatic carbocycles. The monoisotopic (exact) mass is 230 g/mol. The molecule has 0 fully saturated rings. The van der Waals surface area contributed by atoms with Gasteiger partial charge in [0.15, 0.2) is 5.78 Å². The van der Waals surface area contributed by atoms with Crippen LogP contribution >= 0.6 is 0 Å². The summed E-state index contributed by atoms with van der Waals surface area (Å²) in [6.07, 6.45) is 2.85. The first-order chi connectivity index (χ1) is 8.11. The third-order valence-electron chi connectivity index (χ3n) is 3.02. The van der Waals surface area contributed by atoms with Crippen molar-refractivity contribution in [3.05, 3.63) is 41.0 Å². The maximum atomic E-state index is 11.5. The summed E-state index contributed by atoms with van der Waals surface area (Å²) in [5.74, 6) is -0.153. The number of aryl methyl sites for hydroxylation is 1. The number of hydrogen-bond acceptors (Lipinski definition) is 3. The van der Waals surface area contributed by atoms with Gasteiger partial charge in [-0.25, -0.2) is 4.79 Å². The lowest BCUT2D eigenvalue weighted by atomic mass is 10.0. The molecule has 1 aromatic carbocycles. The first kappa shape index (κ1) is 11.6. The predicted octanol–water partition coefficient (Wildman–Crippen LogP) is 2.39. The predicted molar refractivity (Wildman–Crippen MR) is 64.8 cm³/mol. The fourth-order valence-electron chi connectivity index (χ4n) is 2.02. The second-order valence-electron chi connectivity index (χ2n) is 4.15. The van der Waals surface area contributed by atoms with Crippen LogP contribution in [-0.2, 0) is 16.0 Å². The molecule has 0 atom stereocenters. The summed E-state index contributed by atoms with van der Waals surface area (Å²) in [6, 6.07) is 5.69. The van der Waals surface area contributed by atoms with E-state index in [-0.39, 0.29) is 11.8 Å². The Morgan fingerprint density at radius 2 is 2.12 bits per heavy atom. The molecule has 1 aliphatic rings. The van der Waals surface area contributed by atoms with Crippen molar-refractivity contribution in [1.29, 1.82) is 0 Å². The Labute approximate surface area is 100 Å². The van der Waals surface area contributed by atoms with Crippen LogP contribution in [0.15, 0.2) is 24.3 Å². The van der Waals surface area contributed by atoms with E-state index in [1.54, 1.807) is 0 Å². The lowest BCUT2D eigenvalue weighted by Gasteiger charge is -2.04. The Balaban J connectivity index is 2.33. The van der Waals surface area contributed by atoms with Gasteiger partial charge in [0.2, 0.25) is 0 Å². The molecular weight excluding hydrogens is 216 g/mol. The summed E-state index contributed by atoms with van der Waals surface area (Å²) in [5, 5.41) is 0. The van der Waals surface area contributed by atoms with Crippen molar-refractivity contribution in [1.82, 2.24) is 0 Å². The van der Waals surface area contributed by atoms with Gasteiger partial charge in [0, 0.05) is 18.1 Å². The van der Waals surface area contributed by atoms with E-state index in [0.29, 0.717) is 6.42 Å². The van der Waals surface area contributed by atoms with Crippen LogP contribution < -0.4 is 0 Å². The Hall–Kier alpha value is -1.90. The lowest BCUT2D eigenvalue weighted by molar-refractivity contribution is -0.134. The molecule has 17 heavy (non-hydrogen) atoms. The third kappa shape index (κ3) is 2.28. The fourth-order valence-corrected chi connectivity index (χ4v) is 2.02. The Morgan fingerprint density at radius 1 is 1.35 bits per heavy atom. The highest BCUT2D eigenvalue weighted by atomic mass is 16.5. The molecule has 0 radical (unpaired) electrons.